The van der Waals surface area contributed by atoms with Crippen LogP contribution in [-0.2, 0) is 9.59 Å². The average Bonchev–Trinajstić information content (AvgIpc) is 2.90. The lowest BCUT2D eigenvalue weighted by Crippen LogP contribution is -2.56. The number of carboxylic acids is 1. The van der Waals surface area contributed by atoms with Gasteiger partial charge < -0.3 is 5.11 Å². The Morgan fingerprint density at radius 1 is 1.12 bits per heavy atom. The Morgan fingerprint density at radius 3 is 2.67 bits per heavy atom. The number of carbonyl (C=O) groups is 2. The molecule has 4 fully saturated rings. The first-order valence-electron chi connectivity index (χ1n) is 10.1. The van der Waals surface area contributed by atoms with Gasteiger partial charge in [-0.3, -0.25) is 9.59 Å². The van der Waals surface area contributed by atoms with Crippen LogP contribution < -0.4 is 0 Å². The van der Waals surface area contributed by atoms with E-state index in [0.717, 1.165) is 24.7 Å². The van der Waals surface area contributed by atoms with Crippen LogP contribution in [0.25, 0.3) is 0 Å². The Morgan fingerprint density at radius 2 is 1.92 bits per heavy atom. The molecule has 4 aliphatic rings. The molecular weight excluding hydrogens is 300 g/mol. The molecule has 1 N–H and O–H groups in total. The summed E-state index contributed by atoms with van der Waals surface area (Å²) < 4.78 is 0. The van der Waals surface area contributed by atoms with Crippen molar-refractivity contribution in [3.8, 4) is 0 Å². The van der Waals surface area contributed by atoms with Gasteiger partial charge in [-0.25, -0.2) is 0 Å². The molecule has 2 unspecified atom stereocenters. The minimum atomic E-state index is -0.746. The van der Waals surface area contributed by atoms with E-state index in [1.54, 1.807) is 0 Å². The van der Waals surface area contributed by atoms with Gasteiger partial charge in [-0.1, -0.05) is 20.3 Å². The van der Waals surface area contributed by atoms with Gasteiger partial charge in [0, 0.05) is 18.3 Å². The predicted molar refractivity (Wildman–Crippen MR) is 92.5 cm³/mol. The number of hydrogen-bond acceptors (Lipinski definition) is 2. The molecule has 0 aromatic carbocycles. The maximum absolute atomic E-state index is 13.2. The SMILES string of the molecule is C[C@@]12CCC[C@H]1[C@@H]1CCC3CC(CC(=O)O)CC(=O)[C@]3(C)[C@@H]1CC2. The summed E-state index contributed by atoms with van der Waals surface area (Å²) in [7, 11) is 0. The number of carbonyl (C=O) groups excluding carboxylic acids is 1. The molecule has 0 radical (unpaired) electrons. The molecule has 134 valence electrons. The maximum Gasteiger partial charge on any atom is 0.303 e. The van der Waals surface area contributed by atoms with Crippen molar-refractivity contribution in [1.29, 1.82) is 0 Å². The Balaban J connectivity index is 1.59. The second kappa shape index (κ2) is 5.57. The Bertz CT molecular complexity index is 555. The van der Waals surface area contributed by atoms with E-state index in [1.807, 2.05) is 0 Å². The van der Waals surface area contributed by atoms with Crippen LogP contribution in [0.5, 0.6) is 0 Å². The van der Waals surface area contributed by atoms with Crippen LogP contribution in [0.1, 0.15) is 78.1 Å². The van der Waals surface area contributed by atoms with Gasteiger partial charge in [0.15, 0.2) is 0 Å². The van der Waals surface area contributed by atoms with Crippen LogP contribution in [-0.4, -0.2) is 16.9 Å². The van der Waals surface area contributed by atoms with Gasteiger partial charge >= 0.3 is 5.97 Å². The highest BCUT2D eigenvalue weighted by Gasteiger charge is 2.60. The number of hydrogen-bond donors (Lipinski definition) is 1. The zero-order valence-electron chi connectivity index (χ0n) is 15.2. The predicted octanol–water partition coefficient (Wildman–Crippen LogP) is 4.69. The fourth-order valence-corrected chi connectivity index (χ4v) is 7.59. The molecule has 0 amide bonds. The highest BCUT2D eigenvalue weighted by Crippen LogP contribution is 2.65. The van der Waals surface area contributed by atoms with Crippen molar-refractivity contribution in [2.45, 2.75) is 78.1 Å². The van der Waals surface area contributed by atoms with Crippen molar-refractivity contribution in [2.24, 2.45) is 40.4 Å². The molecule has 0 aromatic rings. The summed E-state index contributed by atoms with van der Waals surface area (Å²) in [5.74, 6) is 2.28. The summed E-state index contributed by atoms with van der Waals surface area (Å²) in [5.41, 5.74) is 0.371. The van der Waals surface area contributed by atoms with Gasteiger partial charge in [0.05, 0.1) is 0 Å². The number of aliphatic carboxylic acids is 1. The minimum absolute atomic E-state index is 0.0740. The smallest absolute Gasteiger partial charge is 0.303 e. The lowest BCUT2D eigenvalue weighted by molar-refractivity contribution is -0.159. The fourth-order valence-electron chi connectivity index (χ4n) is 7.59. The molecule has 0 saturated heterocycles. The Labute approximate surface area is 145 Å². The fraction of sp³-hybridized carbons (Fsp3) is 0.905. The lowest BCUT2D eigenvalue weighted by Gasteiger charge is -2.59. The van der Waals surface area contributed by atoms with E-state index >= 15 is 0 Å². The van der Waals surface area contributed by atoms with Crippen LogP contribution in [0.4, 0.5) is 0 Å². The zero-order chi connectivity index (χ0) is 17.1. The van der Waals surface area contributed by atoms with Gasteiger partial charge in [0.1, 0.15) is 5.78 Å². The van der Waals surface area contributed by atoms with Crippen LogP contribution in [0, 0.1) is 40.4 Å². The Hall–Kier alpha value is -0.860. The molecule has 24 heavy (non-hydrogen) atoms. The molecule has 3 nitrogen and oxygen atoms in total. The van der Waals surface area contributed by atoms with Crippen molar-refractivity contribution in [3.63, 3.8) is 0 Å². The summed E-state index contributed by atoms with van der Waals surface area (Å²) in [6.07, 6.45) is 10.7. The van der Waals surface area contributed by atoms with E-state index in [2.05, 4.69) is 13.8 Å². The highest BCUT2D eigenvalue weighted by molar-refractivity contribution is 5.87. The first-order chi connectivity index (χ1) is 11.3. The average molecular weight is 332 g/mol. The van der Waals surface area contributed by atoms with Crippen molar-refractivity contribution in [1.82, 2.24) is 0 Å². The zero-order valence-corrected chi connectivity index (χ0v) is 15.2. The molecule has 0 heterocycles. The highest BCUT2D eigenvalue weighted by atomic mass is 16.4. The monoisotopic (exact) mass is 332 g/mol. The van der Waals surface area contributed by atoms with Crippen LogP contribution in [0.2, 0.25) is 0 Å². The van der Waals surface area contributed by atoms with Crippen molar-refractivity contribution >= 4 is 11.8 Å². The number of Topliss-reactive ketones (excluding diaryl/α,β-unsaturated/α-hetero) is 1. The van der Waals surface area contributed by atoms with E-state index in [0.29, 0.717) is 29.5 Å². The molecule has 0 bridgehead atoms. The molecule has 4 saturated carbocycles. The van der Waals surface area contributed by atoms with Crippen molar-refractivity contribution < 1.29 is 14.7 Å². The van der Waals surface area contributed by atoms with Gasteiger partial charge in [-0.15, -0.1) is 0 Å². The van der Waals surface area contributed by atoms with Gasteiger partial charge in [0.25, 0.3) is 0 Å². The number of fused-ring (bicyclic) bond motifs is 5. The quantitative estimate of drug-likeness (QED) is 0.798. The summed E-state index contributed by atoms with van der Waals surface area (Å²) in [4.78, 5) is 24.3. The van der Waals surface area contributed by atoms with E-state index in [1.165, 1.54) is 38.5 Å². The minimum Gasteiger partial charge on any atom is -0.481 e. The number of ketones is 1. The topological polar surface area (TPSA) is 54.4 Å². The molecule has 4 rings (SSSR count). The second-order valence-electron chi connectivity index (χ2n) is 9.85. The van der Waals surface area contributed by atoms with E-state index in [9.17, 15) is 9.59 Å². The first kappa shape index (κ1) is 16.6. The molecule has 7 atom stereocenters. The molecule has 0 spiro atoms. The third-order valence-electron chi connectivity index (χ3n) is 8.84. The largest absolute Gasteiger partial charge is 0.481 e. The van der Waals surface area contributed by atoms with Crippen molar-refractivity contribution in [3.05, 3.63) is 0 Å². The Kier molecular flexibility index (Phi) is 3.85. The summed E-state index contributed by atoms with van der Waals surface area (Å²) >= 11 is 0. The molecule has 3 heteroatoms. The third-order valence-corrected chi connectivity index (χ3v) is 8.84. The van der Waals surface area contributed by atoms with Crippen LogP contribution in [0.3, 0.4) is 0 Å². The summed E-state index contributed by atoms with van der Waals surface area (Å²) in [6, 6.07) is 0. The van der Waals surface area contributed by atoms with Gasteiger partial charge in [0.2, 0.25) is 0 Å². The number of rotatable bonds is 2. The van der Waals surface area contributed by atoms with Crippen LogP contribution >= 0.6 is 0 Å². The van der Waals surface area contributed by atoms with E-state index in [-0.39, 0.29) is 17.8 Å². The number of carboxylic acid groups (broad SMARTS) is 1. The molecule has 0 aromatic heterocycles. The molecule has 4 aliphatic carbocycles. The molecular formula is C21H32O3. The van der Waals surface area contributed by atoms with E-state index in [4.69, 9.17) is 5.11 Å². The lowest BCUT2D eigenvalue weighted by atomic mass is 9.44. The van der Waals surface area contributed by atoms with Gasteiger partial charge in [-0.2, -0.15) is 0 Å². The van der Waals surface area contributed by atoms with Crippen molar-refractivity contribution in [2.75, 3.05) is 0 Å². The summed E-state index contributed by atoms with van der Waals surface area (Å²) in [6.45, 7) is 4.76. The third kappa shape index (κ3) is 2.29. The second-order valence-corrected chi connectivity index (χ2v) is 9.85. The maximum atomic E-state index is 13.2. The van der Waals surface area contributed by atoms with Gasteiger partial charge in [-0.05, 0) is 80.0 Å². The van der Waals surface area contributed by atoms with Crippen LogP contribution in [0.15, 0.2) is 0 Å². The summed E-state index contributed by atoms with van der Waals surface area (Å²) in [5, 5.41) is 9.12. The first-order valence-corrected chi connectivity index (χ1v) is 10.1. The standard InChI is InChI=1S/C21H32O3/c1-20-8-3-4-16(20)15-6-5-14-10-13(12-19(23)24)11-18(22)21(14,2)17(15)7-9-20/h13-17H,3-12H2,1-2H3,(H,23,24)/t13?,14?,15-,16-,17+,20-,21-/m0/s1. The molecule has 0 aliphatic heterocycles. The van der Waals surface area contributed by atoms with E-state index < -0.39 is 5.97 Å². The normalized spacial score (nSPS) is 50.8.